The van der Waals surface area contributed by atoms with Gasteiger partial charge in [-0.3, -0.25) is 0 Å². The average molecular weight is 214 g/mol. The zero-order chi connectivity index (χ0) is 10.7. The highest BCUT2D eigenvalue weighted by Gasteiger charge is 2.16. The first-order valence-corrected chi connectivity index (χ1v) is 4.76. The van der Waals surface area contributed by atoms with Crippen LogP contribution in [-0.2, 0) is 6.42 Å². The number of hydrogen-bond donors (Lipinski definition) is 2. The second kappa shape index (κ2) is 4.46. The number of aromatic hydroxyl groups is 1. The van der Waals surface area contributed by atoms with Crippen molar-refractivity contribution in [2.24, 2.45) is 0 Å². The maximum absolute atomic E-state index is 9.57. The summed E-state index contributed by atoms with van der Waals surface area (Å²) in [5.74, 6) is 0.966. The summed E-state index contributed by atoms with van der Waals surface area (Å²) >= 11 is 4.26. The normalized spacial score (nSPS) is 10.0. The second-order valence-electron chi connectivity index (χ2n) is 2.81. The molecule has 0 bridgehead atoms. The Bertz CT molecular complexity index is 308. The number of rotatable bonds is 3. The van der Waals surface area contributed by atoms with Gasteiger partial charge in [-0.05, 0) is 12.5 Å². The number of thiol groups is 1. The molecule has 3 nitrogen and oxygen atoms in total. The Morgan fingerprint density at radius 3 is 2.29 bits per heavy atom. The highest BCUT2D eigenvalue weighted by atomic mass is 32.1. The molecule has 0 atom stereocenters. The molecule has 0 radical (unpaired) electrons. The fraction of sp³-hybridized carbons (Fsp3) is 0.400. The molecule has 0 aliphatic carbocycles. The van der Waals surface area contributed by atoms with E-state index in [9.17, 15) is 5.11 Å². The second-order valence-corrected chi connectivity index (χ2v) is 3.30. The molecule has 0 amide bonds. The smallest absolute Gasteiger partial charge is 0.203 e. The van der Waals surface area contributed by atoms with Crippen LogP contribution in [-0.4, -0.2) is 19.3 Å². The third kappa shape index (κ3) is 1.75. The standard InChI is InChI=1S/C10H14O3S/c1-4-6-8(14)5-7(11)10(13-3)9(6)12-2/h5,11,14H,4H2,1-3H3. The predicted octanol–water partition coefficient (Wildman–Crippen LogP) is 2.26. The van der Waals surface area contributed by atoms with E-state index in [0.29, 0.717) is 16.4 Å². The third-order valence-electron chi connectivity index (χ3n) is 2.06. The van der Waals surface area contributed by atoms with E-state index < -0.39 is 0 Å². The number of methoxy groups -OCH3 is 2. The van der Waals surface area contributed by atoms with E-state index in [0.717, 1.165) is 12.0 Å². The van der Waals surface area contributed by atoms with Crippen LogP contribution < -0.4 is 9.47 Å². The highest BCUT2D eigenvalue weighted by molar-refractivity contribution is 7.80. The fourth-order valence-electron chi connectivity index (χ4n) is 1.41. The molecule has 0 aliphatic heterocycles. The molecule has 1 rings (SSSR count). The molecule has 1 aromatic carbocycles. The van der Waals surface area contributed by atoms with Crippen LogP contribution in [0.1, 0.15) is 12.5 Å². The SMILES string of the molecule is CCc1c(S)cc(O)c(OC)c1OC. The van der Waals surface area contributed by atoms with Gasteiger partial charge < -0.3 is 14.6 Å². The van der Waals surface area contributed by atoms with Crippen LogP contribution in [0.4, 0.5) is 0 Å². The van der Waals surface area contributed by atoms with Gasteiger partial charge in [0.15, 0.2) is 11.5 Å². The van der Waals surface area contributed by atoms with Gasteiger partial charge in [-0.15, -0.1) is 12.6 Å². The molecule has 0 aromatic heterocycles. The lowest BCUT2D eigenvalue weighted by Gasteiger charge is -2.14. The molecule has 0 unspecified atom stereocenters. The van der Waals surface area contributed by atoms with E-state index in [-0.39, 0.29) is 5.75 Å². The summed E-state index contributed by atoms with van der Waals surface area (Å²) in [6, 6.07) is 1.56. The topological polar surface area (TPSA) is 38.7 Å². The fourth-order valence-corrected chi connectivity index (χ4v) is 1.79. The van der Waals surface area contributed by atoms with Crippen molar-refractivity contribution in [3.8, 4) is 17.2 Å². The number of phenolic OH excluding ortho intramolecular Hbond substituents is 1. The minimum Gasteiger partial charge on any atom is -0.504 e. The summed E-state index contributed by atoms with van der Waals surface area (Å²) < 4.78 is 10.2. The van der Waals surface area contributed by atoms with Crippen molar-refractivity contribution < 1.29 is 14.6 Å². The molecule has 0 spiro atoms. The molecule has 0 saturated carbocycles. The molecule has 0 aliphatic rings. The van der Waals surface area contributed by atoms with Gasteiger partial charge >= 0.3 is 0 Å². The molecule has 14 heavy (non-hydrogen) atoms. The zero-order valence-electron chi connectivity index (χ0n) is 8.50. The van der Waals surface area contributed by atoms with E-state index in [1.807, 2.05) is 6.92 Å². The van der Waals surface area contributed by atoms with Gasteiger partial charge in [0, 0.05) is 10.5 Å². The summed E-state index contributed by atoms with van der Waals surface area (Å²) in [6.07, 6.45) is 0.776. The Morgan fingerprint density at radius 1 is 1.29 bits per heavy atom. The van der Waals surface area contributed by atoms with E-state index in [4.69, 9.17) is 9.47 Å². The average Bonchev–Trinajstić information content (AvgIpc) is 2.16. The first-order valence-electron chi connectivity index (χ1n) is 4.31. The van der Waals surface area contributed by atoms with E-state index in [2.05, 4.69) is 12.6 Å². The van der Waals surface area contributed by atoms with Crippen molar-refractivity contribution in [2.75, 3.05) is 14.2 Å². The van der Waals surface area contributed by atoms with Gasteiger partial charge in [0.25, 0.3) is 0 Å². The molecule has 78 valence electrons. The van der Waals surface area contributed by atoms with Crippen LogP contribution in [0.25, 0.3) is 0 Å². The van der Waals surface area contributed by atoms with Crippen molar-refractivity contribution in [3.63, 3.8) is 0 Å². The quantitative estimate of drug-likeness (QED) is 0.758. The lowest BCUT2D eigenvalue weighted by Crippen LogP contribution is -1.96. The van der Waals surface area contributed by atoms with Crippen molar-refractivity contribution >= 4 is 12.6 Å². The Hall–Kier alpha value is -1.03. The largest absolute Gasteiger partial charge is 0.504 e. The van der Waals surface area contributed by atoms with Crippen molar-refractivity contribution in [2.45, 2.75) is 18.2 Å². The first kappa shape index (κ1) is 11.0. The van der Waals surface area contributed by atoms with Crippen LogP contribution in [0.3, 0.4) is 0 Å². The summed E-state index contributed by atoms with van der Waals surface area (Å²) in [7, 11) is 3.04. The van der Waals surface area contributed by atoms with Gasteiger partial charge in [0.2, 0.25) is 5.75 Å². The summed E-state index contributed by atoms with van der Waals surface area (Å²) in [4.78, 5) is 0.711. The first-order chi connectivity index (χ1) is 6.65. The lowest BCUT2D eigenvalue weighted by molar-refractivity contribution is 0.329. The van der Waals surface area contributed by atoms with Gasteiger partial charge in [0.1, 0.15) is 0 Å². The third-order valence-corrected chi connectivity index (χ3v) is 2.46. The van der Waals surface area contributed by atoms with Crippen LogP contribution >= 0.6 is 12.6 Å². The highest BCUT2D eigenvalue weighted by Crippen LogP contribution is 2.42. The number of benzene rings is 1. The molecular formula is C10H14O3S. The van der Waals surface area contributed by atoms with E-state index in [1.54, 1.807) is 13.2 Å². The molecular weight excluding hydrogens is 200 g/mol. The van der Waals surface area contributed by atoms with E-state index >= 15 is 0 Å². The molecule has 4 heteroatoms. The monoisotopic (exact) mass is 214 g/mol. The molecule has 0 saturated heterocycles. The minimum atomic E-state index is 0.0477. The number of ether oxygens (including phenoxy) is 2. The Labute approximate surface area is 89.1 Å². The van der Waals surface area contributed by atoms with Crippen LogP contribution in [0.2, 0.25) is 0 Å². The maximum Gasteiger partial charge on any atom is 0.203 e. The van der Waals surface area contributed by atoms with Crippen LogP contribution in [0, 0.1) is 0 Å². The predicted molar refractivity (Wildman–Crippen MR) is 57.8 cm³/mol. The molecule has 0 heterocycles. The van der Waals surface area contributed by atoms with Crippen LogP contribution in [0.15, 0.2) is 11.0 Å². The van der Waals surface area contributed by atoms with Crippen LogP contribution in [0.5, 0.6) is 17.2 Å². The zero-order valence-corrected chi connectivity index (χ0v) is 9.39. The van der Waals surface area contributed by atoms with Gasteiger partial charge in [-0.1, -0.05) is 6.92 Å². The number of phenols is 1. The van der Waals surface area contributed by atoms with Crippen molar-refractivity contribution in [1.29, 1.82) is 0 Å². The Morgan fingerprint density at radius 2 is 1.86 bits per heavy atom. The van der Waals surface area contributed by atoms with Gasteiger partial charge in [-0.25, -0.2) is 0 Å². The molecule has 1 N–H and O–H groups in total. The summed E-state index contributed by atoms with van der Waals surface area (Å²) in [5.41, 5.74) is 0.936. The summed E-state index contributed by atoms with van der Waals surface area (Å²) in [5, 5.41) is 9.57. The minimum absolute atomic E-state index is 0.0477. The maximum atomic E-state index is 9.57. The lowest BCUT2D eigenvalue weighted by atomic mass is 10.1. The molecule has 0 fully saturated rings. The van der Waals surface area contributed by atoms with Crippen molar-refractivity contribution in [3.05, 3.63) is 11.6 Å². The van der Waals surface area contributed by atoms with Gasteiger partial charge in [0.05, 0.1) is 14.2 Å². The van der Waals surface area contributed by atoms with E-state index in [1.165, 1.54) is 7.11 Å². The summed E-state index contributed by atoms with van der Waals surface area (Å²) in [6.45, 7) is 1.99. The Balaban J connectivity index is 3.43. The Kier molecular flexibility index (Phi) is 3.52. The number of hydrogen-bond acceptors (Lipinski definition) is 4. The van der Waals surface area contributed by atoms with Gasteiger partial charge in [-0.2, -0.15) is 0 Å². The van der Waals surface area contributed by atoms with Crippen molar-refractivity contribution in [1.82, 2.24) is 0 Å². The molecule has 1 aromatic rings.